The lowest BCUT2D eigenvalue weighted by molar-refractivity contribution is 0.337. The van der Waals surface area contributed by atoms with Crippen LogP contribution in [-0.4, -0.2) is 29.7 Å². The SMILES string of the molecule is CC(Sc1nnc(-c2ccco2)n1C1CCCCC1)c1nc(N)nc(Nc2ccccc2)n1. The average Bonchev–Trinajstić information content (AvgIpc) is 3.50. The third-order valence-corrected chi connectivity index (χ3v) is 6.75. The van der Waals surface area contributed by atoms with Crippen molar-refractivity contribution in [3.63, 3.8) is 0 Å². The highest BCUT2D eigenvalue weighted by Gasteiger charge is 2.27. The molecular formula is C23H26N8OS. The molecule has 0 amide bonds. The summed E-state index contributed by atoms with van der Waals surface area (Å²) in [7, 11) is 0. The predicted molar refractivity (Wildman–Crippen MR) is 128 cm³/mol. The van der Waals surface area contributed by atoms with E-state index < -0.39 is 0 Å². The van der Waals surface area contributed by atoms with E-state index in [1.807, 2.05) is 49.4 Å². The third kappa shape index (κ3) is 4.85. The van der Waals surface area contributed by atoms with Crippen LogP contribution in [0.4, 0.5) is 17.6 Å². The van der Waals surface area contributed by atoms with Crippen LogP contribution in [0.1, 0.15) is 56.1 Å². The number of furan rings is 1. The summed E-state index contributed by atoms with van der Waals surface area (Å²) >= 11 is 1.57. The minimum atomic E-state index is -0.109. The van der Waals surface area contributed by atoms with Crippen LogP contribution in [-0.2, 0) is 0 Å². The lowest BCUT2D eigenvalue weighted by Gasteiger charge is -2.25. The highest BCUT2D eigenvalue weighted by atomic mass is 32.2. The molecule has 3 N–H and O–H groups in total. The fourth-order valence-corrected chi connectivity index (χ4v) is 5.07. The van der Waals surface area contributed by atoms with Crippen LogP contribution in [0.2, 0.25) is 0 Å². The van der Waals surface area contributed by atoms with Crippen molar-refractivity contribution in [2.45, 2.75) is 55.5 Å². The Kier molecular flexibility index (Phi) is 6.25. The molecule has 9 nitrogen and oxygen atoms in total. The Labute approximate surface area is 196 Å². The maximum Gasteiger partial charge on any atom is 0.232 e. The van der Waals surface area contributed by atoms with Gasteiger partial charge in [0.05, 0.1) is 11.5 Å². The standard InChI is InChI=1S/C23H26N8OS/c1-15(19-26-21(24)28-22(27-19)25-16-9-4-2-5-10-16)33-23-30-29-20(18-13-8-14-32-18)31(23)17-11-6-3-7-12-17/h2,4-5,8-10,13-15,17H,3,6-7,11-12H2,1H3,(H3,24,25,26,27,28). The molecule has 0 saturated heterocycles. The minimum absolute atomic E-state index is 0.109. The molecule has 1 saturated carbocycles. The monoisotopic (exact) mass is 462 g/mol. The van der Waals surface area contributed by atoms with Crippen molar-refractivity contribution in [2.24, 2.45) is 0 Å². The quantitative estimate of drug-likeness (QED) is 0.347. The lowest BCUT2D eigenvalue weighted by atomic mass is 9.95. The number of nitrogens with one attached hydrogen (secondary N) is 1. The van der Waals surface area contributed by atoms with Crippen LogP contribution in [0.25, 0.3) is 11.6 Å². The van der Waals surface area contributed by atoms with Gasteiger partial charge in [0.15, 0.2) is 10.9 Å². The van der Waals surface area contributed by atoms with Gasteiger partial charge in [-0.05, 0) is 44.0 Å². The Hall–Kier alpha value is -3.40. The first-order chi connectivity index (χ1) is 16.2. The largest absolute Gasteiger partial charge is 0.461 e. The van der Waals surface area contributed by atoms with E-state index in [1.54, 1.807) is 18.0 Å². The molecule has 1 aromatic carbocycles. The molecule has 5 rings (SSSR count). The number of anilines is 3. The van der Waals surface area contributed by atoms with Crippen LogP contribution in [0.15, 0.2) is 58.3 Å². The van der Waals surface area contributed by atoms with E-state index in [-0.39, 0.29) is 11.2 Å². The summed E-state index contributed by atoms with van der Waals surface area (Å²) in [5.41, 5.74) is 6.89. The summed E-state index contributed by atoms with van der Waals surface area (Å²) in [6, 6.07) is 13.9. The van der Waals surface area contributed by atoms with E-state index in [9.17, 15) is 0 Å². The maximum atomic E-state index is 6.00. The number of thioether (sulfide) groups is 1. The summed E-state index contributed by atoms with van der Waals surface area (Å²) in [5.74, 6) is 2.68. The van der Waals surface area contributed by atoms with E-state index in [1.165, 1.54) is 19.3 Å². The zero-order valence-electron chi connectivity index (χ0n) is 18.4. The number of aromatic nitrogens is 6. The van der Waals surface area contributed by atoms with Crippen LogP contribution in [0.5, 0.6) is 0 Å². The molecule has 170 valence electrons. The van der Waals surface area contributed by atoms with Crippen molar-refractivity contribution < 1.29 is 4.42 Å². The molecule has 1 atom stereocenters. The second-order valence-corrected chi connectivity index (χ2v) is 9.38. The molecule has 3 heterocycles. The number of rotatable bonds is 7. The van der Waals surface area contributed by atoms with E-state index in [0.717, 1.165) is 35.3 Å². The Balaban J connectivity index is 1.42. The summed E-state index contributed by atoms with van der Waals surface area (Å²) in [4.78, 5) is 13.2. The van der Waals surface area contributed by atoms with E-state index in [4.69, 9.17) is 10.2 Å². The molecule has 33 heavy (non-hydrogen) atoms. The number of nitrogen functional groups attached to an aromatic ring is 1. The number of benzene rings is 1. The Morgan fingerprint density at radius 3 is 2.61 bits per heavy atom. The van der Waals surface area contributed by atoms with Crippen molar-refractivity contribution in [1.82, 2.24) is 29.7 Å². The molecule has 1 fully saturated rings. The molecule has 1 aliphatic rings. The van der Waals surface area contributed by atoms with Gasteiger partial charge in [-0.2, -0.15) is 15.0 Å². The number of nitrogens with two attached hydrogens (primary N) is 1. The number of para-hydroxylation sites is 1. The second kappa shape index (κ2) is 9.62. The summed E-state index contributed by atoms with van der Waals surface area (Å²) in [5, 5.41) is 12.9. The summed E-state index contributed by atoms with van der Waals surface area (Å²) < 4.78 is 7.88. The van der Waals surface area contributed by atoms with Gasteiger partial charge in [0, 0.05) is 11.7 Å². The van der Waals surface area contributed by atoms with Crippen LogP contribution < -0.4 is 11.1 Å². The summed E-state index contributed by atoms with van der Waals surface area (Å²) in [6.45, 7) is 2.04. The third-order valence-electron chi connectivity index (χ3n) is 5.69. The number of hydrogen-bond acceptors (Lipinski definition) is 9. The minimum Gasteiger partial charge on any atom is -0.461 e. The van der Waals surface area contributed by atoms with Crippen molar-refractivity contribution in [3.8, 4) is 11.6 Å². The van der Waals surface area contributed by atoms with Gasteiger partial charge in [-0.15, -0.1) is 10.2 Å². The first-order valence-electron chi connectivity index (χ1n) is 11.2. The highest BCUT2D eigenvalue weighted by Crippen LogP contribution is 2.39. The second-order valence-electron chi connectivity index (χ2n) is 8.07. The molecule has 0 aliphatic heterocycles. The molecule has 0 spiro atoms. The normalized spacial score (nSPS) is 15.4. The first kappa shape index (κ1) is 21.4. The molecule has 1 aliphatic carbocycles. The predicted octanol–water partition coefficient (Wildman–Crippen LogP) is 5.41. The van der Waals surface area contributed by atoms with Crippen LogP contribution in [0.3, 0.4) is 0 Å². The van der Waals surface area contributed by atoms with Gasteiger partial charge in [-0.3, -0.25) is 4.57 Å². The lowest BCUT2D eigenvalue weighted by Crippen LogP contribution is -2.15. The van der Waals surface area contributed by atoms with E-state index in [0.29, 0.717) is 17.8 Å². The molecule has 3 aromatic heterocycles. The molecule has 1 unspecified atom stereocenters. The van der Waals surface area contributed by atoms with Crippen molar-refractivity contribution in [1.29, 1.82) is 0 Å². The zero-order chi connectivity index (χ0) is 22.6. The molecule has 0 bridgehead atoms. The zero-order valence-corrected chi connectivity index (χ0v) is 19.2. The van der Waals surface area contributed by atoms with Gasteiger partial charge in [0.2, 0.25) is 17.7 Å². The fraction of sp³-hybridized carbons (Fsp3) is 0.348. The summed E-state index contributed by atoms with van der Waals surface area (Å²) in [6.07, 6.45) is 7.57. The Morgan fingerprint density at radius 2 is 1.85 bits per heavy atom. The first-order valence-corrected chi connectivity index (χ1v) is 12.0. The smallest absolute Gasteiger partial charge is 0.232 e. The Morgan fingerprint density at radius 1 is 1.03 bits per heavy atom. The van der Waals surface area contributed by atoms with Crippen LogP contribution >= 0.6 is 11.8 Å². The number of hydrogen-bond donors (Lipinski definition) is 2. The Bertz CT molecular complexity index is 1190. The van der Waals surface area contributed by atoms with E-state index in [2.05, 4.69) is 35.0 Å². The molecule has 4 aromatic rings. The van der Waals surface area contributed by atoms with Gasteiger partial charge in [-0.25, -0.2) is 0 Å². The topological polar surface area (TPSA) is 121 Å². The van der Waals surface area contributed by atoms with E-state index >= 15 is 0 Å². The van der Waals surface area contributed by atoms with Crippen molar-refractivity contribution in [2.75, 3.05) is 11.1 Å². The van der Waals surface area contributed by atoms with Gasteiger partial charge in [0.1, 0.15) is 5.82 Å². The van der Waals surface area contributed by atoms with Gasteiger partial charge < -0.3 is 15.5 Å². The van der Waals surface area contributed by atoms with Crippen LogP contribution in [0, 0.1) is 0 Å². The van der Waals surface area contributed by atoms with Gasteiger partial charge in [-0.1, -0.05) is 49.2 Å². The van der Waals surface area contributed by atoms with Crippen molar-refractivity contribution >= 4 is 29.3 Å². The average molecular weight is 463 g/mol. The van der Waals surface area contributed by atoms with Gasteiger partial charge in [0.25, 0.3) is 0 Å². The maximum absolute atomic E-state index is 6.00. The van der Waals surface area contributed by atoms with Crippen molar-refractivity contribution in [3.05, 3.63) is 54.6 Å². The molecular weight excluding hydrogens is 436 g/mol. The fourth-order valence-electron chi connectivity index (χ4n) is 4.11. The molecule has 0 radical (unpaired) electrons. The highest BCUT2D eigenvalue weighted by molar-refractivity contribution is 7.99. The number of nitrogens with zero attached hydrogens (tertiary/aromatic N) is 6. The van der Waals surface area contributed by atoms with Gasteiger partial charge >= 0.3 is 0 Å². The molecule has 10 heteroatoms.